The van der Waals surface area contributed by atoms with Gasteiger partial charge in [0.05, 0.1) is 12.8 Å². The Hall–Kier alpha value is -9.27. The molecule has 7 fully saturated rings. The summed E-state index contributed by atoms with van der Waals surface area (Å²) in [5.74, 6) is -8.52. The van der Waals surface area contributed by atoms with Gasteiger partial charge in [0.1, 0.15) is 41.8 Å². The maximum Gasteiger partial charge on any atom is 0.333 e. The van der Waals surface area contributed by atoms with Gasteiger partial charge in [-0.1, -0.05) is 0 Å². The lowest BCUT2D eigenvalue weighted by atomic mass is 10.1. The molecule has 0 spiro atoms. The van der Waals surface area contributed by atoms with Gasteiger partial charge in [-0.05, 0) is 78.1 Å². The van der Waals surface area contributed by atoms with Crippen LogP contribution in [0, 0.1) is 0 Å². The quantitative estimate of drug-likeness (QED) is 0.0439. The Morgan fingerprint density at radius 3 is 0.708 bits per heavy atom. The van der Waals surface area contributed by atoms with E-state index in [1.54, 1.807) is 0 Å². The van der Waals surface area contributed by atoms with Crippen LogP contribution in [-0.4, -0.2) is 215 Å². The van der Waals surface area contributed by atoms with Crippen molar-refractivity contribution in [2.24, 2.45) is 28.7 Å². The van der Waals surface area contributed by atoms with Gasteiger partial charge in [0.2, 0.25) is 59.1 Å². The fourth-order valence-corrected chi connectivity index (χ4v) is 10.3. The van der Waals surface area contributed by atoms with Crippen molar-refractivity contribution in [2.45, 2.75) is 198 Å². The van der Waals surface area contributed by atoms with Crippen LogP contribution in [0.2, 0.25) is 0 Å². The van der Waals surface area contributed by atoms with Crippen LogP contribution >= 0.6 is 0 Å². The van der Waals surface area contributed by atoms with Crippen LogP contribution in [0.4, 0.5) is 0 Å². The molecule has 34 heteroatoms. The average molecular weight is 1260 g/mol. The van der Waals surface area contributed by atoms with Gasteiger partial charge >= 0.3 is 17.9 Å². The van der Waals surface area contributed by atoms with Crippen LogP contribution in [0.1, 0.15) is 168 Å². The number of carbonyl (C=O) groups is 19. The molecular formula is C55H80N12O22. The van der Waals surface area contributed by atoms with Crippen LogP contribution in [0.15, 0.2) is 0 Å². The van der Waals surface area contributed by atoms with Gasteiger partial charge in [0, 0.05) is 110 Å². The number of nitrogens with zero attached hydrogens (tertiary/aromatic N) is 7. The monoisotopic (exact) mass is 1260 g/mol. The first-order chi connectivity index (χ1) is 41.9. The zero-order chi connectivity index (χ0) is 66.8. The lowest BCUT2D eigenvalue weighted by molar-refractivity contribution is -0.197. The fraction of sp³-hybridized carbons (Fsp3) is 0.655. The van der Waals surface area contributed by atoms with E-state index in [2.05, 4.69) is 0 Å². The van der Waals surface area contributed by atoms with E-state index >= 15 is 0 Å². The Bertz CT molecular complexity index is 2490. The normalized spacial score (nSPS) is 18.8. The Kier molecular flexibility index (Phi) is 30.0. The molecule has 492 valence electrons. The van der Waals surface area contributed by atoms with Gasteiger partial charge in [-0.15, -0.1) is 10.1 Å². The fourth-order valence-electron chi connectivity index (χ4n) is 10.3. The van der Waals surface area contributed by atoms with E-state index in [1.807, 2.05) is 0 Å². The Morgan fingerprint density at radius 2 is 0.539 bits per heavy atom. The van der Waals surface area contributed by atoms with E-state index in [9.17, 15) is 91.1 Å². The van der Waals surface area contributed by atoms with Crippen molar-refractivity contribution in [3.63, 3.8) is 0 Å². The second-order valence-corrected chi connectivity index (χ2v) is 21.6. The number of likely N-dealkylation sites (tertiary alicyclic amines) is 5. The summed E-state index contributed by atoms with van der Waals surface area (Å²) in [7, 11) is 0. The van der Waals surface area contributed by atoms with E-state index < -0.39 is 101 Å². The number of hydroxylamine groups is 4. The number of ketones is 2. The van der Waals surface area contributed by atoms with Gasteiger partial charge in [0.25, 0.3) is 23.6 Å². The highest BCUT2D eigenvalue weighted by Crippen LogP contribution is 2.23. The highest BCUT2D eigenvalue weighted by Gasteiger charge is 2.39. The van der Waals surface area contributed by atoms with Crippen molar-refractivity contribution in [2.75, 3.05) is 32.7 Å². The third-order valence-corrected chi connectivity index (χ3v) is 14.9. The molecule has 7 heterocycles. The SMILES string of the molecule is CC(=O)CC[C@H](C(N)=O)N1CCCC1=O.CC(=O)CC[C@H](C(N)=O)N1CCCC1=O.NC(=O)[C@@H](CCC(=O)O)N1CCCC1=O.NC(=O)[C@@H](CCC(=O)ON1C(=O)CCC1=O)N1CCCC1=O.NC(=O)[C@@H](CCC(=O)ON1C(=O)CCC1=O)N1CCCC1=O. The van der Waals surface area contributed by atoms with E-state index in [0.717, 1.165) is 12.8 Å². The molecule has 34 nitrogen and oxygen atoms in total. The minimum absolute atomic E-state index is 0.00384. The highest BCUT2D eigenvalue weighted by atomic mass is 16.7. The Morgan fingerprint density at radius 1 is 0.337 bits per heavy atom. The summed E-state index contributed by atoms with van der Waals surface area (Å²) in [6.07, 6.45) is 6.38. The number of imide groups is 2. The number of rotatable bonds is 27. The minimum Gasteiger partial charge on any atom is -0.481 e. The topological polar surface area (TPSA) is 516 Å². The predicted octanol–water partition coefficient (Wildman–Crippen LogP) is -3.31. The largest absolute Gasteiger partial charge is 0.481 e. The number of nitrogens with two attached hydrogens (primary N) is 5. The first kappa shape index (κ1) is 74.0. The van der Waals surface area contributed by atoms with E-state index in [4.69, 9.17) is 43.5 Å². The molecule has 14 amide bonds. The second-order valence-electron chi connectivity index (χ2n) is 21.6. The van der Waals surface area contributed by atoms with Crippen LogP contribution < -0.4 is 28.7 Å². The maximum atomic E-state index is 11.7. The number of Topliss-reactive ketones (excluding diaryl/α,β-unsaturated/α-hetero) is 2. The molecule has 0 unspecified atom stereocenters. The van der Waals surface area contributed by atoms with Crippen molar-refractivity contribution in [1.29, 1.82) is 0 Å². The molecule has 89 heavy (non-hydrogen) atoms. The number of hydrogen-bond donors (Lipinski definition) is 6. The number of amides is 14. The molecule has 0 aliphatic carbocycles. The van der Waals surface area contributed by atoms with Crippen molar-refractivity contribution in [3.8, 4) is 0 Å². The van der Waals surface area contributed by atoms with Gasteiger partial charge in [-0.3, -0.25) is 71.9 Å². The van der Waals surface area contributed by atoms with Crippen LogP contribution in [0.3, 0.4) is 0 Å². The summed E-state index contributed by atoms with van der Waals surface area (Å²) in [6, 6.07) is -3.75. The van der Waals surface area contributed by atoms with E-state index in [-0.39, 0.29) is 118 Å². The molecule has 7 saturated heterocycles. The molecule has 0 aromatic rings. The molecule has 5 atom stereocenters. The van der Waals surface area contributed by atoms with Gasteiger partial charge in [-0.25, -0.2) is 9.59 Å². The summed E-state index contributed by atoms with van der Waals surface area (Å²) < 4.78 is 0. The zero-order valence-electron chi connectivity index (χ0n) is 49.9. The molecular weight excluding hydrogens is 1180 g/mol. The van der Waals surface area contributed by atoms with Crippen molar-refractivity contribution < 1.29 is 106 Å². The molecule has 7 aliphatic rings. The van der Waals surface area contributed by atoms with Gasteiger partial charge < -0.3 is 77.5 Å². The Balaban J connectivity index is 0.000000295. The summed E-state index contributed by atoms with van der Waals surface area (Å²) in [5.41, 5.74) is 26.1. The maximum absolute atomic E-state index is 11.7. The lowest BCUT2D eigenvalue weighted by Gasteiger charge is -2.24. The van der Waals surface area contributed by atoms with Crippen LogP contribution in [-0.2, 0) is 101 Å². The standard InChI is InChI=1S/2C13H17N3O6.2C10H16N2O3.C9H14N2O4/c2*14-13(21)8(15-7-1-2-9(15)17)3-6-12(20)22-16-10(18)4-5-11(16)19;2*1-7(13)4-5-8(10(11)15)12-6-2-3-9(12)14;10-9(15)6(3-4-8(13)14)11-5-1-2-7(11)12/h2*8H,1-7H2,(H2,14,21);2*8H,2-6H2,1H3,(H2,11,15);6H,1-5H2,(H2,10,15)(H,13,14)/t4*8-;6-/m11111/s1. The number of carboxylic acid groups (broad SMARTS) is 1. The third-order valence-electron chi connectivity index (χ3n) is 14.9. The first-order valence-corrected chi connectivity index (χ1v) is 29.1. The number of hydrogen-bond acceptors (Lipinski definition) is 21. The van der Waals surface area contributed by atoms with Gasteiger partial charge in [0.15, 0.2) is 0 Å². The smallest absolute Gasteiger partial charge is 0.333 e. The molecule has 7 rings (SSSR count). The van der Waals surface area contributed by atoms with Crippen LogP contribution in [0.5, 0.6) is 0 Å². The summed E-state index contributed by atoms with van der Waals surface area (Å²) in [5, 5.41) is 9.39. The summed E-state index contributed by atoms with van der Waals surface area (Å²) >= 11 is 0. The number of primary amides is 5. The lowest BCUT2D eigenvalue weighted by Crippen LogP contribution is -2.45. The molecule has 0 saturated carbocycles. The second kappa shape index (κ2) is 36.1. The number of carbonyl (C=O) groups excluding carboxylic acids is 18. The molecule has 0 aromatic heterocycles. The predicted molar refractivity (Wildman–Crippen MR) is 299 cm³/mol. The van der Waals surface area contributed by atoms with E-state index in [1.165, 1.54) is 38.3 Å². The van der Waals surface area contributed by atoms with Crippen molar-refractivity contribution >= 4 is 112 Å². The van der Waals surface area contributed by atoms with E-state index in [0.29, 0.717) is 107 Å². The van der Waals surface area contributed by atoms with Crippen molar-refractivity contribution in [3.05, 3.63) is 0 Å². The van der Waals surface area contributed by atoms with Crippen molar-refractivity contribution in [1.82, 2.24) is 34.6 Å². The number of carboxylic acids is 1. The average Bonchev–Trinajstić information content (AvgIpc) is 4.57. The highest BCUT2D eigenvalue weighted by molar-refractivity contribution is 6.02. The molecule has 0 aromatic carbocycles. The molecule has 0 bridgehead atoms. The molecule has 7 aliphatic heterocycles. The number of aliphatic carboxylic acids is 1. The minimum atomic E-state index is -0.993. The third kappa shape index (κ3) is 23.7. The first-order valence-electron chi connectivity index (χ1n) is 29.1. The van der Waals surface area contributed by atoms with Gasteiger partial charge in [-0.2, -0.15) is 0 Å². The Labute approximate surface area is 510 Å². The zero-order valence-corrected chi connectivity index (χ0v) is 49.9. The molecule has 0 radical (unpaired) electrons. The molecule has 11 N–H and O–H groups in total. The summed E-state index contributed by atoms with van der Waals surface area (Å²) in [6.45, 7) is 5.41. The summed E-state index contributed by atoms with van der Waals surface area (Å²) in [4.78, 5) is 231. The van der Waals surface area contributed by atoms with Crippen LogP contribution in [0.25, 0.3) is 0 Å².